The molecule has 1 unspecified atom stereocenters. The number of rotatable bonds is 8. The highest BCUT2D eigenvalue weighted by Crippen LogP contribution is 2.38. The maximum absolute atomic E-state index is 5.68. The fourth-order valence-corrected chi connectivity index (χ4v) is 3.65. The van der Waals surface area contributed by atoms with E-state index in [9.17, 15) is 0 Å². The summed E-state index contributed by atoms with van der Waals surface area (Å²) in [6.45, 7) is 5.06. The largest absolute Gasteiger partial charge is 0.493 e. The summed E-state index contributed by atoms with van der Waals surface area (Å²) in [7, 11) is 5.06. The normalized spacial score (nSPS) is 15.8. The van der Waals surface area contributed by atoms with Gasteiger partial charge in [-0.3, -0.25) is 4.99 Å². The van der Waals surface area contributed by atoms with Crippen LogP contribution in [0.15, 0.2) is 47.5 Å². The van der Waals surface area contributed by atoms with Crippen LogP contribution < -0.4 is 29.7 Å². The van der Waals surface area contributed by atoms with Gasteiger partial charge in [-0.2, -0.15) is 0 Å². The zero-order chi connectivity index (χ0) is 21.3. The maximum atomic E-state index is 5.68. The van der Waals surface area contributed by atoms with Gasteiger partial charge in [0.2, 0.25) is 5.75 Å². The zero-order valence-corrected chi connectivity index (χ0v) is 21.0. The molecule has 31 heavy (non-hydrogen) atoms. The first kappa shape index (κ1) is 24.9. The van der Waals surface area contributed by atoms with Gasteiger partial charge in [0.15, 0.2) is 17.5 Å². The van der Waals surface area contributed by atoms with E-state index in [2.05, 4.69) is 44.8 Å². The fourth-order valence-electron chi connectivity index (χ4n) is 3.65. The van der Waals surface area contributed by atoms with E-state index in [1.807, 2.05) is 25.1 Å². The highest BCUT2D eigenvalue weighted by atomic mass is 127. The number of halogens is 1. The minimum atomic E-state index is 0. The summed E-state index contributed by atoms with van der Waals surface area (Å²) in [5, 5.41) is 6.92. The van der Waals surface area contributed by atoms with Crippen molar-refractivity contribution in [2.45, 2.75) is 25.9 Å². The Balaban J connectivity index is 0.00000341. The molecule has 1 aliphatic rings. The lowest BCUT2D eigenvalue weighted by Gasteiger charge is -2.20. The van der Waals surface area contributed by atoms with Crippen molar-refractivity contribution in [1.82, 2.24) is 10.6 Å². The number of para-hydroxylation sites is 1. The Morgan fingerprint density at radius 3 is 2.39 bits per heavy atom. The molecule has 0 aromatic heterocycles. The van der Waals surface area contributed by atoms with Gasteiger partial charge in [-0.25, -0.2) is 0 Å². The van der Waals surface area contributed by atoms with Gasteiger partial charge in [0, 0.05) is 38.4 Å². The van der Waals surface area contributed by atoms with E-state index in [1.165, 1.54) is 5.69 Å². The third-order valence-corrected chi connectivity index (χ3v) is 5.14. The molecule has 1 atom stereocenters. The Morgan fingerprint density at radius 1 is 1.13 bits per heavy atom. The highest BCUT2D eigenvalue weighted by molar-refractivity contribution is 14.0. The predicted molar refractivity (Wildman–Crippen MR) is 137 cm³/mol. The SMILES string of the molecule is CCOc1c(OC)cc(CNC(=NC)NC2CCN(c3ccccc3)C2)cc1OC.I. The van der Waals surface area contributed by atoms with Crippen LogP contribution in [0, 0.1) is 0 Å². The Kier molecular flexibility index (Phi) is 10.0. The van der Waals surface area contributed by atoms with Crippen molar-refractivity contribution in [1.29, 1.82) is 0 Å². The van der Waals surface area contributed by atoms with Crippen molar-refractivity contribution < 1.29 is 14.2 Å². The predicted octanol–water partition coefficient (Wildman–Crippen LogP) is 3.66. The molecule has 170 valence electrons. The molecule has 1 aliphatic heterocycles. The van der Waals surface area contributed by atoms with E-state index >= 15 is 0 Å². The first-order valence-electron chi connectivity index (χ1n) is 10.3. The topological polar surface area (TPSA) is 67.4 Å². The van der Waals surface area contributed by atoms with E-state index in [0.717, 1.165) is 31.0 Å². The van der Waals surface area contributed by atoms with Crippen molar-refractivity contribution in [2.75, 3.05) is 45.9 Å². The van der Waals surface area contributed by atoms with Crippen molar-refractivity contribution >= 4 is 35.6 Å². The molecule has 2 aromatic carbocycles. The number of nitrogens with zero attached hydrogens (tertiary/aromatic N) is 2. The number of anilines is 1. The number of guanidine groups is 1. The highest BCUT2D eigenvalue weighted by Gasteiger charge is 2.23. The van der Waals surface area contributed by atoms with Gasteiger partial charge in [-0.05, 0) is 43.2 Å². The lowest BCUT2D eigenvalue weighted by atomic mass is 10.1. The van der Waals surface area contributed by atoms with E-state index in [4.69, 9.17) is 14.2 Å². The van der Waals surface area contributed by atoms with E-state index in [-0.39, 0.29) is 24.0 Å². The minimum absolute atomic E-state index is 0. The smallest absolute Gasteiger partial charge is 0.203 e. The monoisotopic (exact) mass is 540 g/mol. The van der Waals surface area contributed by atoms with E-state index < -0.39 is 0 Å². The van der Waals surface area contributed by atoms with Crippen molar-refractivity contribution in [2.24, 2.45) is 4.99 Å². The number of methoxy groups -OCH3 is 2. The second kappa shape index (κ2) is 12.5. The molecule has 0 bridgehead atoms. The fraction of sp³-hybridized carbons (Fsp3) is 0.435. The lowest BCUT2D eigenvalue weighted by molar-refractivity contribution is 0.288. The minimum Gasteiger partial charge on any atom is -0.493 e. The molecule has 1 saturated heterocycles. The lowest BCUT2D eigenvalue weighted by Crippen LogP contribution is -2.44. The number of hydrogen-bond donors (Lipinski definition) is 2. The molecule has 3 rings (SSSR count). The van der Waals surface area contributed by atoms with E-state index in [1.54, 1.807) is 21.3 Å². The van der Waals surface area contributed by atoms with Gasteiger partial charge in [-0.15, -0.1) is 24.0 Å². The number of ether oxygens (including phenoxy) is 3. The van der Waals surface area contributed by atoms with Crippen LogP contribution in [-0.2, 0) is 6.54 Å². The molecular formula is C23H33IN4O3. The second-order valence-corrected chi connectivity index (χ2v) is 7.10. The van der Waals surface area contributed by atoms with Crippen molar-refractivity contribution in [3.05, 3.63) is 48.0 Å². The van der Waals surface area contributed by atoms with Gasteiger partial charge >= 0.3 is 0 Å². The molecule has 2 aromatic rings. The molecule has 0 spiro atoms. The molecule has 8 heteroatoms. The molecule has 2 N–H and O–H groups in total. The molecule has 0 aliphatic carbocycles. The molecule has 0 radical (unpaired) electrons. The average Bonchev–Trinajstić information content (AvgIpc) is 3.26. The summed E-state index contributed by atoms with van der Waals surface area (Å²) < 4.78 is 16.7. The maximum Gasteiger partial charge on any atom is 0.203 e. The number of hydrogen-bond acceptors (Lipinski definition) is 5. The van der Waals surface area contributed by atoms with Gasteiger partial charge in [0.25, 0.3) is 0 Å². The Hall–Kier alpha value is -2.36. The third-order valence-electron chi connectivity index (χ3n) is 5.14. The standard InChI is InChI=1S/C23H32N4O3.HI/c1-5-30-22-20(28-3)13-17(14-21(22)29-4)15-25-23(24-2)26-18-11-12-27(16-18)19-9-7-6-8-10-19;/h6-10,13-14,18H,5,11-12,15-16H2,1-4H3,(H2,24,25,26);1H. The third kappa shape index (κ3) is 6.56. The van der Waals surface area contributed by atoms with Crippen LogP contribution in [0.4, 0.5) is 5.69 Å². The number of nitrogens with one attached hydrogen (secondary N) is 2. The molecule has 1 heterocycles. The van der Waals surface area contributed by atoms with E-state index in [0.29, 0.717) is 36.4 Å². The van der Waals surface area contributed by atoms with Crippen LogP contribution in [-0.4, -0.2) is 53.0 Å². The molecule has 7 nitrogen and oxygen atoms in total. The summed E-state index contributed by atoms with van der Waals surface area (Å²) in [5.41, 5.74) is 2.28. The quantitative estimate of drug-likeness (QED) is 0.303. The summed E-state index contributed by atoms with van der Waals surface area (Å²) >= 11 is 0. The van der Waals surface area contributed by atoms with Crippen molar-refractivity contribution in [3.8, 4) is 17.2 Å². The first-order chi connectivity index (χ1) is 14.7. The van der Waals surface area contributed by atoms with Crippen LogP contribution in [0.2, 0.25) is 0 Å². The average molecular weight is 540 g/mol. The van der Waals surface area contributed by atoms with Gasteiger partial charge < -0.3 is 29.7 Å². The zero-order valence-electron chi connectivity index (χ0n) is 18.7. The van der Waals surface area contributed by atoms with Gasteiger partial charge in [-0.1, -0.05) is 18.2 Å². The Bertz CT molecular complexity index is 823. The molecule has 0 saturated carbocycles. The number of aliphatic imine (C=N–C) groups is 1. The summed E-state index contributed by atoms with van der Waals surface area (Å²) in [6.07, 6.45) is 1.07. The van der Waals surface area contributed by atoms with Crippen LogP contribution in [0.25, 0.3) is 0 Å². The molecule has 0 amide bonds. The van der Waals surface area contributed by atoms with Crippen LogP contribution in [0.5, 0.6) is 17.2 Å². The first-order valence-corrected chi connectivity index (χ1v) is 10.3. The molecule has 1 fully saturated rings. The second-order valence-electron chi connectivity index (χ2n) is 7.10. The van der Waals surface area contributed by atoms with Gasteiger partial charge in [0.05, 0.1) is 20.8 Å². The summed E-state index contributed by atoms with van der Waals surface area (Å²) in [5.74, 6) is 2.72. The molecular weight excluding hydrogens is 507 g/mol. The van der Waals surface area contributed by atoms with Crippen LogP contribution in [0.3, 0.4) is 0 Å². The Labute approximate surface area is 202 Å². The van der Waals surface area contributed by atoms with Crippen molar-refractivity contribution in [3.63, 3.8) is 0 Å². The van der Waals surface area contributed by atoms with Gasteiger partial charge in [0.1, 0.15) is 0 Å². The summed E-state index contributed by atoms with van der Waals surface area (Å²) in [6, 6.07) is 14.8. The Morgan fingerprint density at radius 2 is 1.81 bits per heavy atom. The number of benzene rings is 2. The summed E-state index contributed by atoms with van der Waals surface area (Å²) in [4.78, 5) is 6.78. The van der Waals surface area contributed by atoms with Crippen LogP contribution in [0.1, 0.15) is 18.9 Å². The van der Waals surface area contributed by atoms with Crippen LogP contribution >= 0.6 is 24.0 Å².